The van der Waals surface area contributed by atoms with E-state index in [0.29, 0.717) is 0 Å². The number of likely N-dealkylation sites (N-methyl/N-ethyl adjacent to an activating group) is 1. The lowest BCUT2D eigenvalue weighted by molar-refractivity contribution is -0.153. The Kier molecular flexibility index (Phi) is 1.83. The zero-order chi connectivity index (χ0) is 10.7. The summed E-state index contributed by atoms with van der Waals surface area (Å²) in [5.74, 6) is -0.566. The fourth-order valence-corrected chi connectivity index (χ4v) is 0.450. The predicted molar refractivity (Wildman–Crippen MR) is 39.8 cm³/mol. The summed E-state index contributed by atoms with van der Waals surface area (Å²) in [5.41, 5.74) is -0.576. The van der Waals surface area contributed by atoms with E-state index < -0.39 is 18.5 Å². The first-order valence-corrected chi connectivity index (χ1v) is 3.07. The van der Waals surface area contributed by atoms with Crippen molar-refractivity contribution in [3.8, 4) is 0 Å². The van der Waals surface area contributed by atoms with E-state index in [1.807, 2.05) is 0 Å². The topological polar surface area (TPSA) is 38.3 Å². The zero-order valence-electron chi connectivity index (χ0n) is 9.52. The van der Waals surface area contributed by atoms with Gasteiger partial charge in [-0.1, -0.05) is 0 Å². The van der Waals surface area contributed by atoms with Gasteiger partial charge in [0.1, 0.15) is 5.60 Å². The van der Waals surface area contributed by atoms with Crippen LogP contribution in [0.5, 0.6) is 0 Å². The van der Waals surface area contributed by atoms with Gasteiger partial charge in [-0.3, -0.25) is 4.79 Å². The fourth-order valence-electron chi connectivity index (χ4n) is 0.450. The van der Waals surface area contributed by atoms with Crippen LogP contribution in [-0.4, -0.2) is 25.1 Å². The molecule has 3 heteroatoms. The van der Waals surface area contributed by atoms with Gasteiger partial charge in [0.15, 0.2) is 0 Å². The molecule has 0 radical (unpaired) electrons. The van der Waals surface area contributed by atoms with Crippen molar-refractivity contribution in [3.63, 3.8) is 0 Å². The van der Waals surface area contributed by atoms with Crippen LogP contribution in [-0.2, 0) is 9.53 Å². The molecule has 0 aromatic heterocycles. The Morgan fingerprint density at radius 2 is 2.30 bits per heavy atom. The van der Waals surface area contributed by atoms with Gasteiger partial charge in [0.05, 0.1) is 6.54 Å². The molecular weight excluding hydrogens is 130 g/mol. The number of nitrogens with one attached hydrogen (secondary N) is 1. The summed E-state index contributed by atoms with van der Waals surface area (Å²) in [4.78, 5) is 11.0. The van der Waals surface area contributed by atoms with Gasteiger partial charge >= 0.3 is 5.97 Å². The monoisotopic (exact) mass is 148 g/mol. The van der Waals surface area contributed by atoms with Crippen molar-refractivity contribution >= 4 is 5.97 Å². The fraction of sp³-hybridized carbons (Fsp3) is 0.857. The van der Waals surface area contributed by atoms with E-state index in [9.17, 15) is 4.79 Å². The van der Waals surface area contributed by atoms with Crippen LogP contribution in [0, 0.1) is 0 Å². The molecule has 0 fully saturated rings. The predicted octanol–water partition coefficient (Wildman–Crippen LogP) is 0.547. The van der Waals surface area contributed by atoms with Gasteiger partial charge in [-0.2, -0.15) is 0 Å². The summed E-state index contributed by atoms with van der Waals surface area (Å²) in [6.45, 7) is 2.57. The highest BCUT2D eigenvalue weighted by atomic mass is 16.6. The molecule has 0 aromatic rings. The molecule has 0 amide bonds. The molecule has 0 aliphatic carbocycles. The third-order valence-electron chi connectivity index (χ3n) is 0.653. The summed E-state index contributed by atoms with van der Waals surface area (Å²) in [6, 6.07) is 0. The van der Waals surface area contributed by atoms with Crippen LogP contribution in [0.25, 0.3) is 0 Å². The van der Waals surface area contributed by atoms with Gasteiger partial charge in [-0.05, 0) is 27.7 Å². The maximum atomic E-state index is 11.0. The number of ether oxygens (including phenoxy) is 1. The van der Waals surface area contributed by atoms with E-state index in [0.717, 1.165) is 0 Å². The van der Waals surface area contributed by atoms with E-state index in [2.05, 4.69) is 5.32 Å². The Labute approximate surface area is 66.0 Å². The Bertz CT molecular complexity index is 183. The van der Waals surface area contributed by atoms with Crippen LogP contribution in [0.1, 0.15) is 24.9 Å². The lowest BCUT2D eigenvalue weighted by Gasteiger charge is -2.19. The average molecular weight is 148 g/mol. The van der Waals surface area contributed by atoms with E-state index >= 15 is 0 Å². The first-order valence-electron chi connectivity index (χ1n) is 4.57. The van der Waals surface area contributed by atoms with Crippen molar-refractivity contribution < 1.29 is 13.6 Å². The summed E-state index contributed by atoms with van der Waals surface area (Å²) in [6.07, 6.45) is 0. The standard InChI is InChI=1S/C7H15NO2/c1-7(2,3)10-6(9)5-8-4/h8H,5H2,1-4H3/i4D3. The smallest absolute Gasteiger partial charge is 0.320 e. The second-order valence-corrected chi connectivity index (χ2v) is 2.94. The molecule has 0 heterocycles. The maximum absolute atomic E-state index is 11.0. The van der Waals surface area contributed by atoms with Crippen LogP contribution in [0.4, 0.5) is 0 Å². The van der Waals surface area contributed by atoms with Gasteiger partial charge in [-0.25, -0.2) is 0 Å². The molecule has 0 unspecified atom stereocenters. The molecule has 0 saturated carbocycles. The lowest BCUT2D eigenvalue weighted by atomic mass is 10.2. The first-order chi connectivity index (χ1) is 5.60. The maximum Gasteiger partial charge on any atom is 0.320 e. The SMILES string of the molecule is [2H]C([2H])([2H])NCC(=O)OC(C)(C)C. The zero-order valence-corrected chi connectivity index (χ0v) is 6.52. The summed E-state index contributed by atoms with van der Waals surface area (Å²) in [5, 5.41) is 2.07. The van der Waals surface area contributed by atoms with Crippen molar-refractivity contribution in [3.05, 3.63) is 0 Å². The third-order valence-corrected chi connectivity index (χ3v) is 0.653. The van der Waals surface area contributed by atoms with Gasteiger partial charge in [0, 0.05) is 4.11 Å². The molecule has 0 aromatic carbocycles. The molecule has 3 nitrogen and oxygen atoms in total. The highest BCUT2D eigenvalue weighted by molar-refractivity contribution is 5.71. The molecule has 0 aliphatic rings. The van der Waals surface area contributed by atoms with E-state index in [-0.39, 0.29) is 6.54 Å². The van der Waals surface area contributed by atoms with Gasteiger partial charge < -0.3 is 10.1 Å². The van der Waals surface area contributed by atoms with Gasteiger partial charge in [0.25, 0.3) is 0 Å². The normalized spacial score (nSPS) is 16.9. The van der Waals surface area contributed by atoms with Crippen LogP contribution >= 0.6 is 0 Å². The van der Waals surface area contributed by atoms with Crippen molar-refractivity contribution in [1.29, 1.82) is 0 Å². The molecule has 0 bridgehead atoms. The summed E-state index contributed by atoms with van der Waals surface area (Å²) < 4.78 is 25.2. The molecule has 0 rings (SSSR count). The lowest BCUT2D eigenvalue weighted by Crippen LogP contribution is -2.29. The largest absolute Gasteiger partial charge is 0.459 e. The van der Waals surface area contributed by atoms with Crippen molar-refractivity contribution in [2.24, 2.45) is 0 Å². The van der Waals surface area contributed by atoms with Crippen molar-refractivity contribution in [1.82, 2.24) is 5.32 Å². The Morgan fingerprint density at radius 3 is 2.70 bits per heavy atom. The summed E-state index contributed by atoms with van der Waals surface area (Å²) in [7, 11) is 0. The Hall–Kier alpha value is -0.570. The minimum absolute atomic E-state index is 0.298. The summed E-state index contributed by atoms with van der Waals surface area (Å²) >= 11 is 0. The quantitative estimate of drug-likeness (QED) is 0.581. The molecule has 0 atom stereocenters. The average Bonchev–Trinajstić information content (AvgIpc) is 1.78. The number of esters is 1. The highest BCUT2D eigenvalue weighted by Crippen LogP contribution is 2.05. The van der Waals surface area contributed by atoms with E-state index in [1.54, 1.807) is 20.8 Å². The molecule has 0 aliphatic heterocycles. The van der Waals surface area contributed by atoms with E-state index in [1.165, 1.54) is 0 Å². The second-order valence-electron chi connectivity index (χ2n) is 2.94. The minimum atomic E-state index is -2.29. The molecule has 1 N–H and O–H groups in total. The number of rotatable bonds is 2. The first kappa shape index (κ1) is 5.13. The third kappa shape index (κ3) is 5.56. The van der Waals surface area contributed by atoms with Gasteiger partial charge in [0.2, 0.25) is 0 Å². The second kappa shape index (κ2) is 3.56. The molecule has 0 spiro atoms. The molecular formula is C7H15NO2. The number of carbonyl (C=O) groups is 1. The molecule has 60 valence electrons. The Morgan fingerprint density at radius 1 is 1.70 bits per heavy atom. The Balaban J connectivity index is 3.78. The molecule has 0 saturated heterocycles. The molecule has 10 heavy (non-hydrogen) atoms. The van der Waals surface area contributed by atoms with Gasteiger partial charge in [-0.15, -0.1) is 0 Å². The highest BCUT2D eigenvalue weighted by Gasteiger charge is 2.14. The number of hydrogen-bond donors (Lipinski definition) is 1. The van der Waals surface area contributed by atoms with Crippen molar-refractivity contribution in [2.45, 2.75) is 26.4 Å². The van der Waals surface area contributed by atoms with E-state index in [4.69, 9.17) is 8.85 Å². The van der Waals surface area contributed by atoms with Crippen LogP contribution in [0.2, 0.25) is 0 Å². The van der Waals surface area contributed by atoms with Crippen LogP contribution in [0.3, 0.4) is 0 Å². The number of hydrogen-bond acceptors (Lipinski definition) is 3. The van der Waals surface area contributed by atoms with Crippen molar-refractivity contribution in [2.75, 3.05) is 13.5 Å². The van der Waals surface area contributed by atoms with Crippen LogP contribution in [0.15, 0.2) is 0 Å². The minimum Gasteiger partial charge on any atom is -0.459 e. The van der Waals surface area contributed by atoms with Crippen LogP contribution < -0.4 is 5.32 Å². The number of carbonyl (C=O) groups excluding carboxylic acids is 1.